The van der Waals surface area contributed by atoms with Crippen molar-refractivity contribution < 1.29 is 4.74 Å². The highest BCUT2D eigenvalue weighted by atomic mass is 32.1. The predicted octanol–water partition coefficient (Wildman–Crippen LogP) is 1.02. The Balaban J connectivity index is 2.81. The zero-order valence-electron chi connectivity index (χ0n) is 8.02. The topological polar surface area (TPSA) is 52.5 Å². The lowest BCUT2D eigenvalue weighted by Gasteiger charge is -1.99. The number of ether oxygens (including phenoxy) is 1. The highest BCUT2D eigenvalue weighted by Gasteiger charge is 2.03. The maximum absolute atomic E-state index is 5.27. The molecular formula is C9H11N3OS. The van der Waals surface area contributed by atoms with Crippen LogP contribution in [0, 0.1) is 0 Å². The van der Waals surface area contributed by atoms with Gasteiger partial charge < -0.3 is 15.1 Å². The van der Waals surface area contributed by atoms with E-state index < -0.39 is 0 Å². The van der Waals surface area contributed by atoms with E-state index in [1.54, 1.807) is 18.4 Å². The number of hydrogen-bond acceptors (Lipinski definition) is 4. The first kappa shape index (κ1) is 9.08. The molecule has 14 heavy (non-hydrogen) atoms. The summed E-state index contributed by atoms with van der Waals surface area (Å²) in [4.78, 5) is 0.799. The fourth-order valence-electron chi connectivity index (χ4n) is 1.36. The SMILES string of the molecule is COc1ccc2s/c(=N/N)n(C)c2c1. The first-order valence-corrected chi connectivity index (χ1v) is 4.95. The molecule has 5 heteroatoms. The number of aromatic nitrogens is 1. The molecule has 0 saturated carbocycles. The predicted molar refractivity (Wildman–Crippen MR) is 57.1 cm³/mol. The van der Waals surface area contributed by atoms with E-state index in [4.69, 9.17) is 10.6 Å². The Hall–Kier alpha value is -1.49. The lowest BCUT2D eigenvalue weighted by molar-refractivity contribution is 0.415. The fraction of sp³-hybridized carbons (Fsp3) is 0.222. The number of rotatable bonds is 1. The number of aryl methyl sites for hydroxylation is 1. The van der Waals surface area contributed by atoms with Crippen LogP contribution in [-0.2, 0) is 7.05 Å². The lowest BCUT2D eigenvalue weighted by Crippen LogP contribution is -2.12. The van der Waals surface area contributed by atoms with Crippen molar-refractivity contribution in [3.05, 3.63) is 23.0 Å². The zero-order chi connectivity index (χ0) is 10.1. The second kappa shape index (κ2) is 3.34. The number of fused-ring (bicyclic) bond motifs is 1. The van der Waals surface area contributed by atoms with E-state index in [2.05, 4.69) is 5.10 Å². The van der Waals surface area contributed by atoms with E-state index in [1.807, 2.05) is 29.8 Å². The van der Waals surface area contributed by atoms with Gasteiger partial charge in [0.25, 0.3) is 0 Å². The summed E-state index contributed by atoms with van der Waals surface area (Å²) in [6, 6.07) is 5.91. The van der Waals surface area contributed by atoms with Crippen molar-refractivity contribution in [2.45, 2.75) is 0 Å². The molecule has 1 heterocycles. The Kier molecular flexibility index (Phi) is 2.17. The van der Waals surface area contributed by atoms with Crippen LogP contribution in [0.15, 0.2) is 23.3 Å². The summed E-state index contributed by atoms with van der Waals surface area (Å²) in [7, 11) is 3.59. The van der Waals surface area contributed by atoms with Gasteiger partial charge in [0.2, 0.25) is 4.80 Å². The third-order valence-corrected chi connectivity index (χ3v) is 3.25. The van der Waals surface area contributed by atoms with Crippen molar-refractivity contribution in [2.75, 3.05) is 7.11 Å². The van der Waals surface area contributed by atoms with E-state index in [-0.39, 0.29) is 0 Å². The Morgan fingerprint density at radius 1 is 1.50 bits per heavy atom. The average Bonchev–Trinajstić information content (AvgIpc) is 2.55. The minimum absolute atomic E-state index is 0.799. The highest BCUT2D eigenvalue weighted by Crippen LogP contribution is 2.21. The van der Waals surface area contributed by atoms with Gasteiger partial charge in [0.05, 0.1) is 17.3 Å². The van der Waals surface area contributed by atoms with Crippen molar-refractivity contribution in [3.8, 4) is 5.75 Å². The standard InChI is InChI=1S/C9H11N3OS/c1-12-7-5-6(13-2)3-4-8(7)14-9(12)11-10/h3-5H,10H2,1-2H3/b11-9+. The third-order valence-electron chi connectivity index (χ3n) is 2.13. The molecule has 4 nitrogen and oxygen atoms in total. The van der Waals surface area contributed by atoms with Crippen LogP contribution in [0.25, 0.3) is 10.2 Å². The van der Waals surface area contributed by atoms with Crippen molar-refractivity contribution in [1.82, 2.24) is 4.57 Å². The Morgan fingerprint density at radius 2 is 2.29 bits per heavy atom. The molecular weight excluding hydrogens is 198 g/mol. The average molecular weight is 209 g/mol. The molecule has 0 aliphatic carbocycles. The molecule has 0 unspecified atom stereocenters. The Morgan fingerprint density at radius 3 is 2.93 bits per heavy atom. The zero-order valence-corrected chi connectivity index (χ0v) is 8.84. The Bertz CT molecular complexity index is 526. The second-order valence-corrected chi connectivity index (χ2v) is 3.92. The molecule has 0 saturated heterocycles. The van der Waals surface area contributed by atoms with Crippen LogP contribution in [0.5, 0.6) is 5.75 Å². The molecule has 1 aromatic carbocycles. The molecule has 0 bridgehead atoms. The molecule has 2 N–H and O–H groups in total. The largest absolute Gasteiger partial charge is 0.497 e. The molecule has 1 aromatic heterocycles. The van der Waals surface area contributed by atoms with E-state index in [9.17, 15) is 0 Å². The van der Waals surface area contributed by atoms with Crippen molar-refractivity contribution in [1.29, 1.82) is 0 Å². The van der Waals surface area contributed by atoms with Gasteiger partial charge in [-0.05, 0) is 12.1 Å². The summed E-state index contributed by atoms with van der Waals surface area (Å²) in [5.74, 6) is 6.11. The summed E-state index contributed by atoms with van der Waals surface area (Å²) >= 11 is 1.56. The summed E-state index contributed by atoms with van der Waals surface area (Å²) in [6.07, 6.45) is 0. The Labute approximate surface area is 85.2 Å². The van der Waals surface area contributed by atoms with Gasteiger partial charge in [0.15, 0.2) is 0 Å². The van der Waals surface area contributed by atoms with Gasteiger partial charge in [-0.15, -0.1) is 0 Å². The van der Waals surface area contributed by atoms with Gasteiger partial charge >= 0.3 is 0 Å². The van der Waals surface area contributed by atoms with Crippen molar-refractivity contribution in [3.63, 3.8) is 0 Å². The third kappa shape index (κ3) is 1.26. The molecule has 0 aliphatic heterocycles. The fourth-order valence-corrected chi connectivity index (χ4v) is 2.28. The molecule has 0 spiro atoms. The minimum Gasteiger partial charge on any atom is -0.497 e. The van der Waals surface area contributed by atoms with Gasteiger partial charge in [-0.2, -0.15) is 5.10 Å². The molecule has 0 aliphatic rings. The van der Waals surface area contributed by atoms with Gasteiger partial charge in [0.1, 0.15) is 5.75 Å². The molecule has 0 radical (unpaired) electrons. The summed E-state index contributed by atoms with van der Waals surface area (Å²) in [5, 5.41) is 3.70. The van der Waals surface area contributed by atoms with Crippen LogP contribution in [0.3, 0.4) is 0 Å². The number of nitrogens with two attached hydrogens (primary N) is 1. The van der Waals surface area contributed by atoms with Gasteiger partial charge in [0, 0.05) is 13.1 Å². The number of methoxy groups -OCH3 is 1. The number of hydrogen-bond donors (Lipinski definition) is 1. The summed E-state index contributed by atoms with van der Waals surface area (Å²) in [6.45, 7) is 0. The molecule has 0 amide bonds. The second-order valence-electron chi connectivity index (χ2n) is 2.91. The normalized spacial score (nSPS) is 12.3. The summed E-state index contributed by atoms with van der Waals surface area (Å²) < 4.78 is 8.25. The monoisotopic (exact) mass is 209 g/mol. The first-order valence-electron chi connectivity index (χ1n) is 4.13. The van der Waals surface area contributed by atoms with E-state index in [0.29, 0.717) is 0 Å². The van der Waals surface area contributed by atoms with Crippen LogP contribution in [0.2, 0.25) is 0 Å². The van der Waals surface area contributed by atoms with Gasteiger partial charge in [-0.3, -0.25) is 0 Å². The van der Waals surface area contributed by atoms with Crippen molar-refractivity contribution in [2.24, 2.45) is 18.0 Å². The van der Waals surface area contributed by atoms with Crippen LogP contribution in [0.1, 0.15) is 0 Å². The molecule has 2 aromatic rings. The van der Waals surface area contributed by atoms with E-state index in [1.165, 1.54) is 0 Å². The number of benzene rings is 1. The molecule has 74 valence electrons. The molecule has 0 fully saturated rings. The van der Waals surface area contributed by atoms with Gasteiger partial charge in [-0.1, -0.05) is 11.3 Å². The molecule has 2 rings (SSSR count). The van der Waals surface area contributed by atoms with Crippen LogP contribution >= 0.6 is 11.3 Å². The maximum atomic E-state index is 5.27. The highest BCUT2D eigenvalue weighted by molar-refractivity contribution is 7.16. The van der Waals surface area contributed by atoms with Crippen LogP contribution < -0.4 is 15.4 Å². The summed E-state index contributed by atoms with van der Waals surface area (Å²) in [5.41, 5.74) is 1.08. The lowest BCUT2D eigenvalue weighted by atomic mass is 10.3. The van der Waals surface area contributed by atoms with Crippen LogP contribution in [0.4, 0.5) is 0 Å². The smallest absolute Gasteiger partial charge is 0.208 e. The van der Waals surface area contributed by atoms with E-state index in [0.717, 1.165) is 20.8 Å². The number of thiazole rings is 1. The van der Waals surface area contributed by atoms with E-state index >= 15 is 0 Å². The first-order chi connectivity index (χ1) is 6.76. The molecule has 0 atom stereocenters. The van der Waals surface area contributed by atoms with Gasteiger partial charge in [-0.25, -0.2) is 0 Å². The van der Waals surface area contributed by atoms with Crippen LogP contribution in [-0.4, -0.2) is 11.7 Å². The minimum atomic E-state index is 0.799. The van der Waals surface area contributed by atoms with Crippen molar-refractivity contribution >= 4 is 21.6 Å². The maximum Gasteiger partial charge on any atom is 0.208 e. The number of nitrogens with zero attached hydrogens (tertiary/aromatic N) is 2. The quantitative estimate of drug-likeness (QED) is 0.563.